The van der Waals surface area contributed by atoms with Crippen LogP contribution >= 0.6 is 0 Å². The second-order valence-corrected chi connectivity index (χ2v) is 5.97. The first-order valence-corrected chi connectivity index (χ1v) is 8.00. The Bertz CT molecular complexity index is 737. The molecule has 2 aromatic rings. The number of fused-ring (bicyclic) bond motifs is 3. The molecule has 130 valence electrons. The van der Waals surface area contributed by atoms with E-state index in [1.807, 2.05) is 12.1 Å². The monoisotopic (exact) mass is 340 g/mol. The SMILES string of the molecule is O=C(NCCOCC(F)(F)F)c1ccc2[nH]c3c(c2c1)CCCC3. The van der Waals surface area contributed by atoms with Crippen molar-refractivity contribution in [2.75, 3.05) is 19.8 Å². The van der Waals surface area contributed by atoms with Gasteiger partial charge in [-0.2, -0.15) is 13.2 Å². The van der Waals surface area contributed by atoms with E-state index in [0.29, 0.717) is 5.56 Å². The molecular weight excluding hydrogens is 321 g/mol. The lowest BCUT2D eigenvalue weighted by molar-refractivity contribution is -0.173. The van der Waals surface area contributed by atoms with E-state index in [1.54, 1.807) is 6.07 Å². The fraction of sp³-hybridized carbons (Fsp3) is 0.471. The maximum atomic E-state index is 12.1. The van der Waals surface area contributed by atoms with Crippen LogP contribution in [-0.2, 0) is 17.6 Å². The fourth-order valence-corrected chi connectivity index (χ4v) is 3.07. The zero-order valence-electron chi connectivity index (χ0n) is 13.1. The van der Waals surface area contributed by atoms with Crippen molar-refractivity contribution in [2.45, 2.75) is 31.9 Å². The first-order valence-electron chi connectivity index (χ1n) is 8.00. The van der Waals surface area contributed by atoms with Crippen molar-refractivity contribution in [1.29, 1.82) is 0 Å². The first kappa shape index (κ1) is 16.8. The summed E-state index contributed by atoms with van der Waals surface area (Å²) in [6, 6.07) is 5.45. The number of carbonyl (C=O) groups is 1. The van der Waals surface area contributed by atoms with Crippen molar-refractivity contribution in [3.8, 4) is 0 Å². The van der Waals surface area contributed by atoms with Crippen LogP contribution in [0.4, 0.5) is 13.2 Å². The zero-order valence-corrected chi connectivity index (χ0v) is 13.1. The van der Waals surface area contributed by atoms with E-state index >= 15 is 0 Å². The molecular formula is C17H19F3N2O2. The Balaban J connectivity index is 1.61. The molecule has 1 aliphatic carbocycles. The van der Waals surface area contributed by atoms with Crippen molar-refractivity contribution < 1.29 is 22.7 Å². The van der Waals surface area contributed by atoms with Crippen LogP contribution in [0.25, 0.3) is 10.9 Å². The molecule has 1 aliphatic rings. The van der Waals surface area contributed by atoms with Gasteiger partial charge >= 0.3 is 6.18 Å². The summed E-state index contributed by atoms with van der Waals surface area (Å²) in [5.41, 5.74) is 4.05. The normalized spacial score (nSPS) is 14.6. The topological polar surface area (TPSA) is 54.1 Å². The number of benzene rings is 1. The quantitative estimate of drug-likeness (QED) is 0.820. The average molecular weight is 340 g/mol. The Morgan fingerprint density at radius 2 is 2.04 bits per heavy atom. The molecule has 7 heteroatoms. The van der Waals surface area contributed by atoms with Crippen LogP contribution in [0.1, 0.15) is 34.5 Å². The molecule has 0 atom stereocenters. The summed E-state index contributed by atoms with van der Waals surface area (Å²) in [7, 11) is 0. The Morgan fingerprint density at radius 3 is 2.83 bits per heavy atom. The summed E-state index contributed by atoms with van der Waals surface area (Å²) in [5.74, 6) is -0.307. The van der Waals surface area contributed by atoms with Crippen molar-refractivity contribution in [1.82, 2.24) is 10.3 Å². The van der Waals surface area contributed by atoms with E-state index in [0.717, 1.165) is 30.2 Å². The summed E-state index contributed by atoms with van der Waals surface area (Å²) in [5, 5.41) is 3.64. The lowest BCUT2D eigenvalue weighted by Gasteiger charge is -2.11. The third-order valence-corrected chi connectivity index (χ3v) is 4.16. The number of nitrogens with one attached hydrogen (secondary N) is 2. The highest BCUT2D eigenvalue weighted by atomic mass is 19.4. The smallest absolute Gasteiger partial charge is 0.370 e. The molecule has 1 heterocycles. The minimum absolute atomic E-state index is 0.0399. The summed E-state index contributed by atoms with van der Waals surface area (Å²) < 4.78 is 40.3. The average Bonchev–Trinajstić information content (AvgIpc) is 2.91. The molecule has 2 N–H and O–H groups in total. The maximum absolute atomic E-state index is 12.1. The van der Waals surface area contributed by atoms with Gasteiger partial charge in [0, 0.05) is 28.7 Å². The van der Waals surface area contributed by atoms with E-state index in [2.05, 4.69) is 15.0 Å². The Labute approximate surface area is 137 Å². The van der Waals surface area contributed by atoms with Crippen LogP contribution in [0, 0.1) is 0 Å². The second-order valence-electron chi connectivity index (χ2n) is 5.97. The van der Waals surface area contributed by atoms with Crippen molar-refractivity contribution in [3.63, 3.8) is 0 Å². The lowest BCUT2D eigenvalue weighted by atomic mass is 9.95. The Morgan fingerprint density at radius 1 is 1.25 bits per heavy atom. The number of aromatic amines is 1. The predicted molar refractivity (Wildman–Crippen MR) is 84.1 cm³/mol. The summed E-state index contributed by atoms with van der Waals surface area (Å²) in [6.07, 6.45) is 0.00814. The molecule has 0 radical (unpaired) electrons. The minimum Gasteiger partial charge on any atom is -0.370 e. The van der Waals surface area contributed by atoms with Crippen molar-refractivity contribution in [2.24, 2.45) is 0 Å². The predicted octanol–water partition coefficient (Wildman–Crippen LogP) is 3.36. The van der Waals surface area contributed by atoms with Gasteiger partial charge in [-0.15, -0.1) is 0 Å². The minimum atomic E-state index is -4.34. The molecule has 0 saturated carbocycles. The van der Waals surface area contributed by atoms with Crippen LogP contribution in [0.3, 0.4) is 0 Å². The van der Waals surface area contributed by atoms with Gasteiger partial charge in [-0.25, -0.2) is 0 Å². The number of aromatic nitrogens is 1. The molecule has 1 amide bonds. The molecule has 3 rings (SSSR count). The summed E-state index contributed by atoms with van der Waals surface area (Å²) in [4.78, 5) is 15.5. The Kier molecular flexibility index (Phi) is 4.80. The highest BCUT2D eigenvalue weighted by Gasteiger charge is 2.27. The Hall–Kier alpha value is -2.02. The molecule has 1 aromatic carbocycles. The molecule has 0 bridgehead atoms. The largest absolute Gasteiger partial charge is 0.411 e. The van der Waals surface area contributed by atoms with Gasteiger partial charge in [0.05, 0.1) is 6.61 Å². The summed E-state index contributed by atoms with van der Waals surface area (Å²) >= 11 is 0. The summed E-state index contributed by atoms with van der Waals surface area (Å²) in [6.45, 7) is -1.43. The number of carbonyl (C=O) groups excluding carboxylic acids is 1. The van der Waals surface area contributed by atoms with Gasteiger partial charge in [0.25, 0.3) is 5.91 Å². The lowest BCUT2D eigenvalue weighted by Crippen LogP contribution is -2.28. The highest BCUT2D eigenvalue weighted by Crippen LogP contribution is 2.29. The van der Waals surface area contributed by atoms with Crippen LogP contribution in [-0.4, -0.2) is 36.8 Å². The number of hydrogen-bond acceptors (Lipinski definition) is 2. The number of H-pyrrole nitrogens is 1. The van der Waals surface area contributed by atoms with Gasteiger partial charge in [0.1, 0.15) is 6.61 Å². The van der Waals surface area contributed by atoms with Crippen LogP contribution in [0.15, 0.2) is 18.2 Å². The van der Waals surface area contributed by atoms with Crippen LogP contribution in [0.2, 0.25) is 0 Å². The van der Waals surface area contributed by atoms with Gasteiger partial charge in [-0.05, 0) is 49.4 Å². The molecule has 24 heavy (non-hydrogen) atoms. The number of aryl methyl sites for hydroxylation is 2. The molecule has 0 fully saturated rings. The van der Waals surface area contributed by atoms with E-state index in [4.69, 9.17) is 0 Å². The fourth-order valence-electron chi connectivity index (χ4n) is 3.07. The van der Waals surface area contributed by atoms with E-state index < -0.39 is 12.8 Å². The number of hydrogen-bond donors (Lipinski definition) is 2. The van der Waals surface area contributed by atoms with Gasteiger partial charge in [0.15, 0.2) is 0 Å². The first-order chi connectivity index (χ1) is 11.4. The van der Waals surface area contributed by atoms with E-state index in [-0.39, 0.29) is 19.1 Å². The van der Waals surface area contributed by atoms with Crippen LogP contribution < -0.4 is 5.32 Å². The van der Waals surface area contributed by atoms with Crippen molar-refractivity contribution >= 4 is 16.8 Å². The number of alkyl halides is 3. The third-order valence-electron chi connectivity index (χ3n) is 4.16. The molecule has 0 unspecified atom stereocenters. The third kappa shape index (κ3) is 3.90. The molecule has 0 spiro atoms. The molecule has 4 nitrogen and oxygen atoms in total. The molecule has 1 aromatic heterocycles. The van der Waals surface area contributed by atoms with Gasteiger partial charge in [-0.3, -0.25) is 4.79 Å². The van der Waals surface area contributed by atoms with Gasteiger partial charge < -0.3 is 15.0 Å². The standard InChI is InChI=1S/C17H19F3N2O2/c18-17(19,20)10-24-8-7-21-16(23)11-5-6-15-13(9-11)12-3-1-2-4-14(12)22-15/h5-6,9,22H,1-4,7-8,10H2,(H,21,23). The second kappa shape index (κ2) is 6.84. The zero-order chi connectivity index (χ0) is 17.2. The van der Waals surface area contributed by atoms with E-state index in [1.165, 1.54) is 17.7 Å². The molecule has 0 aliphatic heterocycles. The van der Waals surface area contributed by atoms with Crippen molar-refractivity contribution in [3.05, 3.63) is 35.0 Å². The number of amides is 1. The number of ether oxygens (including phenoxy) is 1. The number of rotatable bonds is 5. The van der Waals surface area contributed by atoms with E-state index in [9.17, 15) is 18.0 Å². The van der Waals surface area contributed by atoms with Gasteiger partial charge in [0.2, 0.25) is 0 Å². The number of halogens is 3. The molecule has 0 saturated heterocycles. The van der Waals surface area contributed by atoms with Gasteiger partial charge in [-0.1, -0.05) is 0 Å². The van der Waals surface area contributed by atoms with Crippen LogP contribution in [0.5, 0.6) is 0 Å². The highest BCUT2D eigenvalue weighted by molar-refractivity contribution is 5.99. The maximum Gasteiger partial charge on any atom is 0.411 e.